The van der Waals surface area contributed by atoms with Crippen LogP contribution in [-0.4, -0.2) is 24.6 Å². The van der Waals surface area contributed by atoms with Crippen LogP contribution in [0.5, 0.6) is 0 Å². The fraction of sp³-hybridized carbons (Fsp3) is 0.136. The topological polar surface area (TPSA) is 74.8 Å². The molecule has 1 aromatic heterocycles. The number of fused-ring (bicyclic) bond motifs is 1. The van der Waals surface area contributed by atoms with Crippen molar-refractivity contribution in [2.45, 2.75) is 12.8 Å². The molecule has 2 N–H and O–H groups in total. The molecule has 0 spiro atoms. The third-order valence-corrected chi connectivity index (χ3v) is 5.75. The summed E-state index contributed by atoms with van der Waals surface area (Å²) in [6.45, 7) is 0. The molecule has 0 saturated heterocycles. The van der Waals surface area contributed by atoms with Gasteiger partial charge in [0.15, 0.2) is 0 Å². The normalized spacial score (nSPS) is 11.7. The maximum absolute atomic E-state index is 11.7. The van der Waals surface area contributed by atoms with E-state index in [0.717, 1.165) is 51.6 Å². The summed E-state index contributed by atoms with van der Waals surface area (Å²) in [6, 6.07) is 21.6. The second-order valence-electron chi connectivity index (χ2n) is 6.96. The van der Waals surface area contributed by atoms with Crippen molar-refractivity contribution in [1.82, 2.24) is 9.97 Å². The lowest BCUT2D eigenvalue weighted by atomic mass is 10.0. The quantitative estimate of drug-likeness (QED) is 0.409. The number of nitrogens with zero attached hydrogens (tertiary/aromatic N) is 1. The van der Waals surface area contributed by atoms with E-state index in [1.165, 1.54) is 5.56 Å². The second-order valence-corrected chi connectivity index (χ2v) is 9.63. The Labute approximate surface area is 178 Å². The van der Waals surface area contributed by atoms with E-state index in [1.54, 1.807) is 6.07 Å². The third kappa shape index (κ3) is 4.86. The number of hydrogen-bond acceptors (Lipinski definition) is 3. The number of aromatic nitrogens is 2. The first-order valence-corrected chi connectivity index (χ1v) is 11.9. The standard InChI is InChI=1S/C22H20BrN3O2S/c1-29(27,28)26-19-5-3-2-4-18(19)16-9-12-20-21(14-16)25-22(24-20)13-8-15-6-10-17(23)11-7-15/h2-7,9-12,14,26H,8,13H2,1H3,(H,24,25). The Morgan fingerprint density at radius 3 is 2.52 bits per heavy atom. The van der Waals surface area contributed by atoms with Gasteiger partial charge in [0.1, 0.15) is 5.82 Å². The highest BCUT2D eigenvalue weighted by molar-refractivity contribution is 9.10. The van der Waals surface area contributed by atoms with Gasteiger partial charge in [-0.05, 0) is 47.9 Å². The lowest BCUT2D eigenvalue weighted by Crippen LogP contribution is -2.10. The highest BCUT2D eigenvalue weighted by Crippen LogP contribution is 2.30. The molecule has 0 atom stereocenters. The molecular weight excluding hydrogens is 450 g/mol. The van der Waals surface area contributed by atoms with E-state index in [-0.39, 0.29) is 0 Å². The first-order chi connectivity index (χ1) is 13.9. The van der Waals surface area contributed by atoms with Crippen molar-refractivity contribution in [2.75, 3.05) is 11.0 Å². The minimum atomic E-state index is -3.36. The summed E-state index contributed by atoms with van der Waals surface area (Å²) >= 11 is 3.46. The first-order valence-electron chi connectivity index (χ1n) is 9.18. The number of rotatable bonds is 6. The van der Waals surface area contributed by atoms with Crippen LogP contribution in [0.3, 0.4) is 0 Å². The van der Waals surface area contributed by atoms with E-state index in [2.05, 4.69) is 42.8 Å². The molecule has 0 amide bonds. The maximum Gasteiger partial charge on any atom is 0.229 e. The van der Waals surface area contributed by atoms with Crippen molar-refractivity contribution >= 4 is 42.7 Å². The van der Waals surface area contributed by atoms with Gasteiger partial charge in [0.05, 0.1) is 23.0 Å². The van der Waals surface area contributed by atoms with Gasteiger partial charge in [-0.25, -0.2) is 13.4 Å². The summed E-state index contributed by atoms with van der Waals surface area (Å²) in [5.74, 6) is 0.933. The number of hydrogen-bond donors (Lipinski definition) is 2. The summed E-state index contributed by atoms with van der Waals surface area (Å²) in [5, 5.41) is 0. The molecule has 4 rings (SSSR count). The lowest BCUT2D eigenvalue weighted by Gasteiger charge is -2.10. The smallest absolute Gasteiger partial charge is 0.229 e. The summed E-state index contributed by atoms with van der Waals surface area (Å²) in [7, 11) is -3.36. The van der Waals surface area contributed by atoms with Crippen LogP contribution in [0.1, 0.15) is 11.4 Å². The Balaban J connectivity index is 1.60. The van der Waals surface area contributed by atoms with Crippen LogP contribution in [0.2, 0.25) is 0 Å². The molecule has 5 nitrogen and oxygen atoms in total. The highest BCUT2D eigenvalue weighted by Gasteiger charge is 2.11. The zero-order valence-corrected chi connectivity index (χ0v) is 18.2. The van der Waals surface area contributed by atoms with Gasteiger partial charge in [-0.3, -0.25) is 4.72 Å². The monoisotopic (exact) mass is 469 g/mol. The minimum Gasteiger partial charge on any atom is -0.342 e. The number of imidazole rings is 1. The summed E-state index contributed by atoms with van der Waals surface area (Å²) in [6.07, 6.45) is 2.87. The molecule has 0 bridgehead atoms. The SMILES string of the molecule is CS(=O)(=O)Nc1ccccc1-c1ccc2nc(CCc3ccc(Br)cc3)[nH]c2c1. The van der Waals surface area contributed by atoms with Crippen molar-refractivity contribution in [3.05, 3.63) is 82.6 Å². The number of halogens is 1. The van der Waals surface area contributed by atoms with Crippen molar-refractivity contribution in [3.63, 3.8) is 0 Å². The molecule has 0 unspecified atom stereocenters. The van der Waals surface area contributed by atoms with Gasteiger partial charge < -0.3 is 4.98 Å². The van der Waals surface area contributed by atoms with Crippen LogP contribution in [0.4, 0.5) is 5.69 Å². The molecule has 0 aliphatic carbocycles. The fourth-order valence-corrected chi connectivity index (χ4v) is 4.13. The molecule has 0 aliphatic rings. The Morgan fingerprint density at radius 1 is 1.00 bits per heavy atom. The minimum absolute atomic E-state index is 0.560. The highest BCUT2D eigenvalue weighted by atomic mass is 79.9. The molecule has 0 aliphatic heterocycles. The molecule has 0 fully saturated rings. The maximum atomic E-state index is 11.7. The van der Waals surface area contributed by atoms with Gasteiger partial charge in [-0.2, -0.15) is 0 Å². The lowest BCUT2D eigenvalue weighted by molar-refractivity contribution is 0.607. The number of sulfonamides is 1. The average molecular weight is 470 g/mol. The fourth-order valence-electron chi connectivity index (χ4n) is 3.29. The molecule has 148 valence electrons. The van der Waals surface area contributed by atoms with E-state index in [4.69, 9.17) is 0 Å². The number of benzene rings is 3. The molecule has 3 aromatic carbocycles. The third-order valence-electron chi connectivity index (χ3n) is 4.63. The van der Waals surface area contributed by atoms with Crippen LogP contribution >= 0.6 is 15.9 Å². The Bertz CT molecular complexity index is 1260. The molecular formula is C22H20BrN3O2S. The molecule has 0 radical (unpaired) electrons. The van der Waals surface area contributed by atoms with Crippen LogP contribution in [0.25, 0.3) is 22.2 Å². The zero-order valence-electron chi connectivity index (χ0n) is 15.8. The molecule has 29 heavy (non-hydrogen) atoms. The summed E-state index contributed by atoms with van der Waals surface area (Å²) < 4.78 is 27.0. The summed E-state index contributed by atoms with van der Waals surface area (Å²) in [5.41, 5.74) is 5.40. The second kappa shape index (κ2) is 8.00. The predicted octanol–water partition coefficient (Wildman–Crippen LogP) is 5.15. The van der Waals surface area contributed by atoms with Crippen molar-refractivity contribution in [2.24, 2.45) is 0 Å². The van der Waals surface area contributed by atoms with Gasteiger partial charge in [-0.1, -0.05) is 52.3 Å². The Hall–Kier alpha value is -2.64. The van der Waals surface area contributed by atoms with E-state index in [0.29, 0.717) is 5.69 Å². The largest absolute Gasteiger partial charge is 0.342 e. The Kier molecular flexibility index (Phi) is 5.43. The number of anilines is 1. The van der Waals surface area contributed by atoms with Crippen LogP contribution < -0.4 is 4.72 Å². The van der Waals surface area contributed by atoms with Crippen LogP contribution in [-0.2, 0) is 22.9 Å². The van der Waals surface area contributed by atoms with Gasteiger partial charge in [0, 0.05) is 16.5 Å². The van der Waals surface area contributed by atoms with Crippen LogP contribution in [0.15, 0.2) is 71.2 Å². The zero-order chi connectivity index (χ0) is 20.4. The van der Waals surface area contributed by atoms with Gasteiger partial charge >= 0.3 is 0 Å². The van der Waals surface area contributed by atoms with Gasteiger partial charge in [-0.15, -0.1) is 0 Å². The molecule has 7 heteroatoms. The average Bonchev–Trinajstić information content (AvgIpc) is 3.09. The van der Waals surface area contributed by atoms with Crippen molar-refractivity contribution in [3.8, 4) is 11.1 Å². The van der Waals surface area contributed by atoms with E-state index in [9.17, 15) is 8.42 Å². The first kappa shape index (κ1) is 19.7. The van der Waals surface area contributed by atoms with Crippen LogP contribution in [0, 0.1) is 0 Å². The Morgan fingerprint density at radius 2 is 1.76 bits per heavy atom. The van der Waals surface area contributed by atoms with Gasteiger partial charge in [0.25, 0.3) is 0 Å². The van der Waals surface area contributed by atoms with E-state index >= 15 is 0 Å². The van der Waals surface area contributed by atoms with E-state index < -0.39 is 10.0 Å². The van der Waals surface area contributed by atoms with Crippen molar-refractivity contribution < 1.29 is 8.42 Å². The van der Waals surface area contributed by atoms with E-state index in [1.807, 2.05) is 48.5 Å². The number of H-pyrrole nitrogens is 1. The number of aromatic amines is 1. The van der Waals surface area contributed by atoms with Gasteiger partial charge in [0.2, 0.25) is 10.0 Å². The predicted molar refractivity (Wildman–Crippen MR) is 122 cm³/mol. The number of aryl methyl sites for hydroxylation is 2. The molecule has 0 saturated carbocycles. The molecule has 4 aromatic rings. The van der Waals surface area contributed by atoms with Crippen molar-refractivity contribution in [1.29, 1.82) is 0 Å². The molecule has 1 heterocycles. The number of nitrogens with one attached hydrogen (secondary N) is 2. The number of para-hydroxylation sites is 1. The summed E-state index contributed by atoms with van der Waals surface area (Å²) in [4.78, 5) is 8.08.